The van der Waals surface area contributed by atoms with E-state index in [1.807, 2.05) is 0 Å². The second-order valence-corrected chi connectivity index (χ2v) is 4.82. The van der Waals surface area contributed by atoms with Crippen LogP contribution in [0.15, 0.2) is 18.2 Å². The molecule has 5 nitrogen and oxygen atoms in total. The summed E-state index contributed by atoms with van der Waals surface area (Å²) in [6.07, 6.45) is 3.49. The summed E-state index contributed by atoms with van der Waals surface area (Å²) in [5.74, 6) is 0.512. The monoisotopic (exact) mass is 268 g/mol. The lowest BCUT2D eigenvalue weighted by molar-refractivity contribution is -0.384. The fourth-order valence-corrected chi connectivity index (χ4v) is 1.94. The third kappa shape index (κ3) is 3.20. The van der Waals surface area contributed by atoms with Crippen LogP contribution in [0, 0.1) is 16.0 Å². The van der Waals surface area contributed by atoms with Crippen LogP contribution in [0.4, 0.5) is 5.69 Å². The average Bonchev–Trinajstić information content (AvgIpc) is 3.12. The van der Waals surface area contributed by atoms with Crippen LogP contribution < -0.4 is 5.32 Å². The molecule has 1 saturated carbocycles. The van der Waals surface area contributed by atoms with Gasteiger partial charge in [0.1, 0.15) is 5.02 Å². The Balaban J connectivity index is 1.96. The first-order chi connectivity index (χ1) is 8.58. The van der Waals surface area contributed by atoms with Gasteiger partial charge >= 0.3 is 0 Å². The topological polar surface area (TPSA) is 72.2 Å². The molecule has 1 aromatic carbocycles. The van der Waals surface area contributed by atoms with Crippen LogP contribution in [0.5, 0.6) is 0 Å². The number of nitro groups is 1. The van der Waals surface area contributed by atoms with Crippen molar-refractivity contribution in [2.75, 3.05) is 6.54 Å². The molecule has 1 fully saturated rings. The summed E-state index contributed by atoms with van der Waals surface area (Å²) in [6.45, 7) is 0.637. The molecule has 1 aliphatic carbocycles. The summed E-state index contributed by atoms with van der Waals surface area (Å²) in [7, 11) is 0. The molecule has 1 aromatic rings. The predicted molar refractivity (Wildman–Crippen MR) is 67.8 cm³/mol. The first kappa shape index (κ1) is 12.8. The third-order valence-corrected chi connectivity index (χ3v) is 3.24. The van der Waals surface area contributed by atoms with Gasteiger partial charge in [-0.05, 0) is 24.5 Å². The Hall–Kier alpha value is -1.62. The van der Waals surface area contributed by atoms with E-state index in [1.165, 1.54) is 31.0 Å². The second kappa shape index (κ2) is 5.35. The summed E-state index contributed by atoms with van der Waals surface area (Å²) in [5.41, 5.74) is 0.160. The minimum Gasteiger partial charge on any atom is -0.352 e. The van der Waals surface area contributed by atoms with Gasteiger partial charge in [0.25, 0.3) is 11.6 Å². The lowest BCUT2D eigenvalue weighted by atomic mass is 10.2. The number of hydrogen-bond donors (Lipinski definition) is 1. The average molecular weight is 269 g/mol. The predicted octanol–water partition coefficient (Wildman–Crippen LogP) is 2.78. The van der Waals surface area contributed by atoms with Crippen molar-refractivity contribution in [2.24, 2.45) is 5.92 Å². The van der Waals surface area contributed by atoms with E-state index in [0.717, 1.165) is 12.3 Å². The van der Waals surface area contributed by atoms with Crippen molar-refractivity contribution in [3.8, 4) is 0 Å². The number of rotatable bonds is 5. The Morgan fingerprint density at radius 1 is 1.50 bits per heavy atom. The van der Waals surface area contributed by atoms with Crippen LogP contribution in [0.25, 0.3) is 0 Å². The number of carbonyl (C=O) groups is 1. The molecule has 0 aliphatic heterocycles. The molecule has 0 aromatic heterocycles. The number of carbonyl (C=O) groups excluding carboxylic acids is 1. The fourth-order valence-electron chi connectivity index (χ4n) is 1.69. The molecule has 0 atom stereocenters. The molecule has 2 rings (SSSR count). The highest BCUT2D eigenvalue weighted by Crippen LogP contribution is 2.31. The Bertz CT molecular complexity index is 486. The maximum absolute atomic E-state index is 11.7. The van der Waals surface area contributed by atoms with Crippen LogP contribution in [-0.2, 0) is 0 Å². The highest BCUT2D eigenvalue weighted by molar-refractivity contribution is 6.33. The van der Waals surface area contributed by atoms with E-state index < -0.39 is 4.92 Å². The Kier molecular flexibility index (Phi) is 3.81. The smallest absolute Gasteiger partial charge is 0.287 e. The van der Waals surface area contributed by atoms with Gasteiger partial charge in [0.05, 0.1) is 4.92 Å². The minimum absolute atomic E-state index is 0.0187. The molecule has 1 N–H and O–H groups in total. The van der Waals surface area contributed by atoms with Gasteiger partial charge in [-0.2, -0.15) is 0 Å². The molecule has 18 heavy (non-hydrogen) atoms. The van der Waals surface area contributed by atoms with E-state index in [2.05, 4.69) is 5.32 Å². The van der Waals surface area contributed by atoms with Crippen molar-refractivity contribution in [1.29, 1.82) is 0 Å². The zero-order valence-corrected chi connectivity index (χ0v) is 10.4. The third-order valence-electron chi connectivity index (χ3n) is 2.94. The Labute approximate surface area is 109 Å². The van der Waals surface area contributed by atoms with Crippen LogP contribution >= 0.6 is 11.6 Å². The number of amides is 1. The zero-order chi connectivity index (χ0) is 13.1. The molecule has 6 heteroatoms. The standard InChI is InChI=1S/C12H13ClN2O3/c13-10-7-9(3-4-11(10)15(17)18)12(16)14-6-5-8-1-2-8/h3-4,7-8H,1-2,5-6H2,(H,14,16). The Morgan fingerprint density at radius 2 is 2.22 bits per heavy atom. The van der Waals surface area contributed by atoms with E-state index in [9.17, 15) is 14.9 Å². The van der Waals surface area contributed by atoms with E-state index in [-0.39, 0.29) is 16.6 Å². The van der Waals surface area contributed by atoms with Crippen LogP contribution in [0.2, 0.25) is 5.02 Å². The molecular weight excluding hydrogens is 256 g/mol. The highest BCUT2D eigenvalue weighted by atomic mass is 35.5. The summed E-state index contributed by atoms with van der Waals surface area (Å²) in [6, 6.07) is 3.99. The van der Waals surface area contributed by atoms with Gasteiger partial charge in [0.15, 0.2) is 0 Å². The molecular formula is C12H13ClN2O3. The van der Waals surface area contributed by atoms with Crippen molar-refractivity contribution in [3.05, 3.63) is 38.9 Å². The van der Waals surface area contributed by atoms with E-state index in [1.54, 1.807) is 0 Å². The number of halogens is 1. The number of nitrogens with one attached hydrogen (secondary N) is 1. The van der Waals surface area contributed by atoms with Gasteiger partial charge in [-0.15, -0.1) is 0 Å². The van der Waals surface area contributed by atoms with Crippen molar-refractivity contribution >= 4 is 23.2 Å². The second-order valence-electron chi connectivity index (χ2n) is 4.41. The highest BCUT2D eigenvalue weighted by Gasteiger charge is 2.21. The molecule has 0 heterocycles. The lowest BCUT2D eigenvalue weighted by Crippen LogP contribution is -2.24. The van der Waals surface area contributed by atoms with Crippen molar-refractivity contribution in [2.45, 2.75) is 19.3 Å². The normalized spacial score (nSPS) is 14.3. The van der Waals surface area contributed by atoms with E-state index in [0.29, 0.717) is 12.1 Å². The number of hydrogen-bond acceptors (Lipinski definition) is 3. The van der Waals surface area contributed by atoms with Gasteiger partial charge in [0, 0.05) is 18.2 Å². The molecule has 1 amide bonds. The molecule has 0 unspecified atom stereocenters. The lowest BCUT2D eigenvalue weighted by Gasteiger charge is -2.05. The summed E-state index contributed by atoms with van der Waals surface area (Å²) in [4.78, 5) is 21.7. The largest absolute Gasteiger partial charge is 0.352 e. The number of nitro benzene ring substituents is 1. The molecule has 0 spiro atoms. The molecule has 0 saturated heterocycles. The molecule has 0 radical (unpaired) electrons. The summed E-state index contributed by atoms with van der Waals surface area (Å²) < 4.78 is 0. The molecule has 1 aliphatic rings. The van der Waals surface area contributed by atoms with Crippen LogP contribution in [0.1, 0.15) is 29.6 Å². The maximum Gasteiger partial charge on any atom is 0.287 e. The van der Waals surface area contributed by atoms with Gasteiger partial charge in [-0.3, -0.25) is 14.9 Å². The van der Waals surface area contributed by atoms with Gasteiger partial charge in [-0.25, -0.2) is 0 Å². The van der Waals surface area contributed by atoms with Crippen molar-refractivity contribution < 1.29 is 9.72 Å². The first-order valence-corrected chi connectivity index (χ1v) is 6.18. The number of nitrogens with zero attached hydrogens (tertiary/aromatic N) is 1. The quantitative estimate of drug-likeness (QED) is 0.659. The number of benzene rings is 1. The van der Waals surface area contributed by atoms with Crippen molar-refractivity contribution in [1.82, 2.24) is 5.32 Å². The molecule has 96 valence electrons. The minimum atomic E-state index is -0.572. The Morgan fingerprint density at radius 3 is 2.78 bits per heavy atom. The SMILES string of the molecule is O=C(NCCC1CC1)c1ccc([N+](=O)[O-])c(Cl)c1. The van der Waals surface area contributed by atoms with Crippen LogP contribution in [0.3, 0.4) is 0 Å². The van der Waals surface area contributed by atoms with Crippen molar-refractivity contribution in [3.63, 3.8) is 0 Å². The molecule has 0 bridgehead atoms. The zero-order valence-electron chi connectivity index (χ0n) is 9.69. The fraction of sp³-hybridized carbons (Fsp3) is 0.417. The van der Waals surface area contributed by atoms with Crippen LogP contribution in [-0.4, -0.2) is 17.4 Å². The van der Waals surface area contributed by atoms with E-state index >= 15 is 0 Å². The van der Waals surface area contributed by atoms with Gasteiger partial charge in [-0.1, -0.05) is 24.4 Å². The summed E-state index contributed by atoms with van der Waals surface area (Å²) >= 11 is 5.74. The van der Waals surface area contributed by atoms with E-state index in [4.69, 9.17) is 11.6 Å². The van der Waals surface area contributed by atoms with Gasteiger partial charge in [0.2, 0.25) is 0 Å². The maximum atomic E-state index is 11.7. The summed E-state index contributed by atoms with van der Waals surface area (Å²) in [5, 5.41) is 13.3. The first-order valence-electron chi connectivity index (χ1n) is 5.80. The van der Waals surface area contributed by atoms with Gasteiger partial charge < -0.3 is 5.32 Å².